The number of likely N-dealkylation sites (tertiary alicyclic amines) is 1. The van der Waals surface area contributed by atoms with Crippen LogP contribution in [-0.2, 0) is 0 Å². The van der Waals surface area contributed by atoms with Crippen LogP contribution in [0.2, 0.25) is 0 Å². The summed E-state index contributed by atoms with van der Waals surface area (Å²) < 4.78 is 1.09. The minimum atomic E-state index is -0.0754. The lowest BCUT2D eigenvalue weighted by Gasteiger charge is -2.35. The van der Waals surface area contributed by atoms with Gasteiger partial charge in [0.05, 0.1) is 10.2 Å². The molecule has 3 aromatic rings. The Balaban J connectivity index is 1.31. The highest BCUT2D eigenvalue weighted by molar-refractivity contribution is 7.21. The fourth-order valence-electron chi connectivity index (χ4n) is 5.94. The standard InChI is InChI=1S/C26H34N6OS/c33-25-22(26-29-20-9-3-4-10-21(20)34-26)24(28-18-6-5-13-27-16-18)30-23(31-25)17-11-14-32(15-12-17)19-7-1-2-8-19/h3-4,9-10,17-19,27H,1-2,5-8,11-16H2,(H2,28,30,31,33)/t18-/m1/s1. The Kier molecular flexibility index (Phi) is 6.37. The number of benzene rings is 1. The third-order valence-corrected chi connectivity index (χ3v) is 8.89. The van der Waals surface area contributed by atoms with Crippen LogP contribution in [0, 0.1) is 0 Å². The van der Waals surface area contributed by atoms with Crippen LogP contribution in [0.4, 0.5) is 5.82 Å². The van der Waals surface area contributed by atoms with Gasteiger partial charge in [0.25, 0.3) is 5.56 Å². The summed E-state index contributed by atoms with van der Waals surface area (Å²) in [6.45, 7) is 4.15. The lowest BCUT2D eigenvalue weighted by Crippen LogP contribution is -2.40. The summed E-state index contributed by atoms with van der Waals surface area (Å²) in [4.78, 5) is 29.2. The van der Waals surface area contributed by atoms with Crippen molar-refractivity contribution in [3.05, 3.63) is 40.4 Å². The van der Waals surface area contributed by atoms with Crippen molar-refractivity contribution >= 4 is 27.4 Å². The first-order valence-corrected chi connectivity index (χ1v) is 13.8. The van der Waals surface area contributed by atoms with Gasteiger partial charge in [0, 0.05) is 24.5 Å². The second-order valence-electron chi connectivity index (χ2n) is 10.1. The van der Waals surface area contributed by atoms with Crippen molar-refractivity contribution in [2.75, 3.05) is 31.5 Å². The normalized spacial score (nSPS) is 23.0. The quantitative estimate of drug-likeness (QED) is 0.506. The summed E-state index contributed by atoms with van der Waals surface area (Å²) in [5, 5.41) is 7.83. The third kappa shape index (κ3) is 4.51. The van der Waals surface area contributed by atoms with Gasteiger partial charge in [-0.1, -0.05) is 25.0 Å². The average Bonchev–Trinajstić information content (AvgIpc) is 3.55. The molecular weight excluding hydrogens is 444 g/mol. The Morgan fingerprint density at radius 1 is 1.00 bits per heavy atom. The molecule has 180 valence electrons. The molecule has 6 rings (SSSR count). The summed E-state index contributed by atoms with van der Waals surface area (Å²) >= 11 is 1.56. The predicted octanol–water partition coefficient (Wildman–Crippen LogP) is 4.33. The Morgan fingerprint density at radius 2 is 1.82 bits per heavy atom. The van der Waals surface area contributed by atoms with E-state index in [1.165, 1.54) is 25.7 Å². The first-order valence-electron chi connectivity index (χ1n) is 13.0. The molecule has 3 N–H and O–H groups in total. The highest BCUT2D eigenvalue weighted by Crippen LogP contribution is 2.35. The van der Waals surface area contributed by atoms with Crippen molar-refractivity contribution in [3.8, 4) is 10.6 Å². The van der Waals surface area contributed by atoms with Gasteiger partial charge in [0.2, 0.25) is 0 Å². The van der Waals surface area contributed by atoms with Crippen LogP contribution in [0.3, 0.4) is 0 Å². The van der Waals surface area contributed by atoms with Crippen molar-refractivity contribution in [2.45, 2.75) is 69.4 Å². The van der Waals surface area contributed by atoms with Crippen molar-refractivity contribution in [1.29, 1.82) is 0 Å². The van der Waals surface area contributed by atoms with Gasteiger partial charge in [-0.05, 0) is 70.3 Å². The molecule has 0 spiro atoms. The maximum atomic E-state index is 13.5. The molecule has 8 heteroatoms. The maximum Gasteiger partial charge on any atom is 0.263 e. The molecule has 1 atom stereocenters. The number of aromatic nitrogens is 3. The van der Waals surface area contributed by atoms with E-state index in [1.807, 2.05) is 18.2 Å². The number of hydrogen-bond acceptors (Lipinski definition) is 7. The molecule has 0 radical (unpaired) electrons. The van der Waals surface area contributed by atoms with Crippen LogP contribution in [0.1, 0.15) is 63.1 Å². The maximum absolute atomic E-state index is 13.5. The molecule has 3 fully saturated rings. The zero-order chi connectivity index (χ0) is 22.9. The van der Waals surface area contributed by atoms with E-state index in [1.54, 1.807) is 11.3 Å². The number of fused-ring (bicyclic) bond motifs is 1. The molecule has 1 aliphatic carbocycles. The zero-order valence-corrected chi connectivity index (χ0v) is 20.5. The summed E-state index contributed by atoms with van der Waals surface area (Å²) in [5.74, 6) is 1.84. The smallest absolute Gasteiger partial charge is 0.263 e. The molecule has 34 heavy (non-hydrogen) atoms. The Bertz CT molecular complexity index is 1150. The molecule has 2 aliphatic heterocycles. The van der Waals surface area contributed by atoms with Crippen molar-refractivity contribution in [2.24, 2.45) is 0 Å². The lowest BCUT2D eigenvalue weighted by atomic mass is 9.94. The van der Waals surface area contributed by atoms with Crippen molar-refractivity contribution in [1.82, 2.24) is 25.2 Å². The van der Waals surface area contributed by atoms with E-state index in [4.69, 9.17) is 9.97 Å². The van der Waals surface area contributed by atoms with Gasteiger partial charge >= 0.3 is 0 Å². The van der Waals surface area contributed by atoms with E-state index in [9.17, 15) is 4.79 Å². The number of para-hydroxylation sites is 1. The molecule has 1 saturated carbocycles. The minimum absolute atomic E-state index is 0.0754. The molecule has 2 aromatic heterocycles. The number of rotatable bonds is 5. The topological polar surface area (TPSA) is 85.9 Å². The van der Waals surface area contributed by atoms with Gasteiger partial charge in [-0.25, -0.2) is 9.97 Å². The number of nitrogens with zero attached hydrogens (tertiary/aromatic N) is 3. The fourth-order valence-corrected chi connectivity index (χ4v) is 6.95. The zero-order valence-electron chi connectivity index (χ0n) is 19.7. The van der Waals surface area contributed by atoms with Gasteiger partial charge < -0.3 is 20.5 Å². The molecule has 3 aliphatic rings. The summed E-state index contributed by atoms with van der Waals surface area (Å²) in [7, 11) is 0. The van der Waals surface area contributed by atoms with Crippen LogP contribution < -0.4 is 16.2 Å². The van der Waals surface area contributed by atoms with Crippen LogP contribution in [0.5, 0.6) is 0 Å². The Morgan fingerprint density at radius 3 is 2.59 bits per heavy atom. The SMILES string of the molecule is O=c1[nH]c(C2CCN(C3CCCC3)CC2)nc(N[C@@H]2CCCNC2)c1-c1nc2ccccc2s1. The summed E-state index contributed by atoms with van der Waals surface area (Å²) in [5.41, 5.74) is 1.43. The molecule has 1 aromatic carbocycles. The Labute approximate surface area is 204 Å². The monoisotopic (exact) mass is 478 g/mol. The number of H-pyrrole nitrogens is 1. The largest absolute Gasteiger partial charge is 0.365 e. The Hall–Kier alpha value is -2.29. The highest BCUT2D eigenvalue weighted by atomic mass is 32.1. The fraction of sp³-hybridized carbons (Fsp3) is 0.577. The van der Waals surface area contributed by atoms with Gasteiger partial charge in [-0.3, -0.25) is 4.79 Å². The molecule has 0 amide bonds. The average molecular weight is 479 g/mol. The van der Waals surface area contributed by atoms with Crippen LogP contribution >= 0.6 is 11.3 Å². The van der Waals surface area contributed by atoms with Crippen LogP contribution in [-0.4, -0.2) is 58.1 Å². The minimum Gasteiger partial charge on any atom is -0.365 e. The summed E-state index contributed by atoms with van der Waals surface area (Å²) in [6, 6.07) is 9.10. The van der Waals surface area contributed by atoms with Crippen molar-refractivity contribution in [3.63, 3.8) is 0 Å². The van der Waals surface area contributed by atoms with E-state index in [-0.39, 0.29) is 11.6 Å². The number of anilines is 1. The molecule has 2 saturated heterocycles. The van der Waals surface area contributed by atoms with Gasteiger partial charge in [0.15, 0.2) is 0 Å². The lowest BCUT2D eigenvalue weighted by molar-refractivity contribution is 0.152. The first-order chi connectivity index (χ1) is 16.7. The number of hydrogen-bond donors (Lipinski definition) is 3. The second-order valence-corrected chi connectivity index (χ2v) is 11.1. The van der Waals surface area contributed by atoms with Crippen molar-refractivity contribution < 1.29 is 0 Å². The van der Waals surface area contributed by atoms with Gasteiger partial charge in [-0.2, -0.15) is 0 Å². The molecule has 7 nitrogen and oxygen atoms in total. The molecular formula is C26H34N6OS. The van der Waals surface area contributed by atoms with E-state index < -0.39 is 0 Å². The number of thiazole rings is 1. The highest BCUT2D eigenvalue weighted by Gasteiger charge is 2.30. The predicted molar refractivity (Wildman–Crippen MR) is 139 cm³/mol. The van der Waals surface area contributed by atoms with Crippen LogP contribution in [0.15, 0.2) is 29.1 Å². The molecule has 0 bridgehead atoms. The van der Waals surface area contributed by atoms with Crippen LogP contribution in [0.25, 0.3) is 20.8 Å². The third-order valence-electron chi connectivity index (χ3n) is 7.84. The first kappa shape index (κ1) is 22.2. The number of piperidine rings is 2. The van der Waals surface area contributed by atoms with E-state index >= 15 is 0 Å². The number of aromatic amines is 1. The van der Waals surface area contributed by atoms with E-state index in [0.717, 1.165) is 79.0 Å². The van der Waals surface area contributed by atoms with Gasteiger partial charge in [0.1, 0.15) is 22.2 Å². The number of nitrogens with one attached hydrogen (secondary N) is 3. The van der Waals surface area contributed by atoms with Gasteiger partial charge in [-0.15, -0.1) is 11.3 Å². The second kappa shape index (κ2) is 9.76. The van der Waals surface area contributed by atoms with E-state index in [0.29, 0.717) is 17.3 Å². The van der Waals surface area contributed by atoms with E-state index in [2.05, 4.69) is 26.6 Å². The molecule has 0 unspecified atom stereocenters. The summed E-state index contributed by atoms with van der Waals surface area (Å²) in [6.07, 6.45) is 9.77. The molecule has 4 heterocycles.